The van der Waals surface area contributed by atoms with Crippen LogP contribution in [0.3, 0.4) is 0 Å². The van der Waals surface area contributed by atoms with Crippen molar-refractivity contribution in [2.45, 2.75) is 11.9 Å². The predicted molar refractivity (Wildman–Crippen MR) is 137 cm³/mol. The normalized spacial score (nSPS) is 11.1. The molecule has 0 saturated carbocycles. The van der Waals surface area contributed by atoms with E-state index in [0.717, 1.165) is 5.56 Å². The van der Waals surface area contributed by atoms with E-state index in [0.29, 0.717) is 11.3 Å². The van der Waals surface area contributed by atoms with E-state index in [4.69, 9.17) is 24.1 Å². The average molecular weight is 540 g/mol. The number of methoxy groups -OCH3 is 2. The second kappa shape index (κ2) is 11.7. The van der Waals surface area contributed by atoms with Gasteiger partial charge in [-0.25, -0.2) is 15.0 Å². The molecule has 4 aromatic rings. The quantitative estimate of drug-likeness (QED) is 0.289. The molecule has 38 heavy (non-hydrogen) atoms. The van der Waals surface area contributed by atoms with Crippen LogP contribution >= 0.6 is 0 Å². The van der Waals surface area contributed by atoms with Crippen LogP contribution in [0, 0.1) is 6.92 Å². The molecule has 13 heteroatoms. The van der Waals surface area contributed by atoms with Gasteiger partial charge in [0, 0.05) is 24.0 Å². The Morgan fingerprint density at radius 2 is 1.76 bits per heavy atom. The van der Waals surface area contributed by atoms with Gasteiger partial charge in [0.05, 0.1) is 20.8 Å². The molecule has 0 fully saturated rings. The third-order valence-corrected chi connectivity index (χ3v) is 6.29. The number of pyridine rings is 2. The smallest absolute Gasteiger partial charge is 0.280 e. The van der Waals surface area contributed by atoms with Gasteiger partial charge < -0.3 is 24.1 Å². The third kappa shape index (κ3) is 6.07. The SMILES string of the molecule is COc1ccccc1Oc1c(NS(=O)(=O)c2ccc(C)cn2)nc(-c2ccnc(OCCO)c2)nc1OC. The molecule has 0 radical (unpaired) electrons. The number of aliphatic hydroxyl groups excluding tert-OH is 1. The summed E-state index contributed by atoms with van der Waals surface area (Å²) in [7, 11) is -1.35. The first-order chi connectivity index (χ1) is 18.3. The fraction of sp³-hybridized carbons (Fsp3) is 0.200. The zero-order chi connectivity index (χ0) is 27.1. The molecule has 2 N–H and O–H groups in total. The van der Waals surface area contributed by atoms with Gasteiger partial charge in [-0.05, 0) is 36.8 Å². The molecule has 0 unspecified atom stereocenters. The lowest BCUT2D eigenvalue weighted by Gasteiger charge is -2.17. The van der Waals surface area contributed by atoms with Crippen molar-refractivity contribution in [3.63, 3.8) is 0 Å². The molecule has 0 aliphatic rings. The highest BCUT2D eigenvalue weighted by Crippen LogP contribution is 2.41. The molecule has 1 aromatic carbocycles. The molecular weight excluding hydrogens is 514 g/mol. The van der Waals surface area contributed by atoms with Crippen molar-refractivity contribution in [1.29, 1.82) is 0 Å². The maximum atomic E-state index is 13.3. The van der Waals surface area contributed by atoms with Crippen LogP contribution in [0.15, 0.2) is 66.0 Å². The van der Waals surface area contributed by atoms with Crippen molar-refractivity contribution < 1.29 is 32.5 Å². The lowest BCUT2D eigenvalue weighted by Crippen LogP contribution is -2.17. The minimum Gasteiger partial charge on any atom is -0.493 e. The molecule has 4 rings (SSSR count). The van der Waals surface area contributed by atoms with E-state index in [1.54, 1.807) is 49.4 Å². The Kier molecular flexibility index (Phi) is 8.19. The van der Waals surface area contributed by atoms with Gasteiger partial charge in [0.1, 0.15) is 6.61 Å². The van der Waals surface area contributed by atoms with E-state index in [1.165, 1.54) is 32.7 Å². The van der Waals surface area contributed by atoms with Gasteiger partial charge in [0.15, 0.2) is 28.2 Å². The summed E-state index contributed by atoms with van der Waals surface area (Å²) in [4.78, 5) is 17.0. The summed E-state index contributed by atoms with van der Waals surface area (Å²) in [6.45, 7) is 1.65. The van der Waals surface area contributed by atoms with Crippen molar-refractivity contribution in [3.05, 3.63) is 66.5 Å². The lowest BCUT2D eigenvalue weighted by molar-refractivity contribution is 0.197. The number of rotatable bonds is 11. The number of anilines is 1. The van der Waals surface area contributed by atoms with Crippen LogP contribution in [-0.4, -0.2) is 60.9 Å². The van der Waals surface area contributed by atoms with E-state index in [2.05, 4.69) is 24.7 Å². The second-order valence-corrected chi connectivity index (χ2v) is 9.35. The molecule has 3 heterocycles. The fourth-order valence-electron chi connectivity index (χ4n) is 3.24. The first-order valence-corrected chi connectivity index (χ1v) is 12.8. The van der Waals surface area contributed by atoms with Crippen molar-refractivity contribution in [1.82, 2.24) is 19.9 Å². The third-order valence-electron chi connectivity index (χ3n) is 5.03. The van der Waals surface area contributed by atoms with E-state index >= 15 is 0 Å². The fourth-order valence-corrected chi connectivity index (χ4v) is 4.18. The Morgan fingerprint density at radius 3 is 2.45 bits per heavy atom. The van der Waals surface area contributed by atoms with E-state index in [-0.39, 0.29) is 53.1 Å². The number of para-hydroxylation sites is 2. The largest absolute Gasteiger partial charge is 0.493 e. The summed E-state index contributed by atoms with van der Waals surface area (Å²) >= 11 is 0. The van der Waals surface area contributed by atoms with Crippen molar-refractivity contribution in [3.8, 4) is 40.4 Å². The van der Waals surface area contributed by atoms with Crippen LogP contribution in [0.4, 0.5) is 5.82 Å². The number of sulfonamides is 1. The van der Waals surface area contributed by atoms with Gasteiger partial charge >= 0.3 is 0 Å². The highest BCUT2D eigenvalue weighted by molar-refractivity contribution is 7.92. The van der Waals surface area contributed by atoms with Crippen LogP contribution in [0.2, 0.25) is 0 Å². The number of nitrogens with one attached hydrogen (secondary N) is 1. The monoisotopic (exact) mass is 539 g/mol. The zero-order valence-electron chi connectivity index (χ0n) is 20.8. The number of hydrogen-bond acceptors (Lipinski definition) is 11. The summed E-state index contributed by atoms with van der Waals surface area (Å²) in [5, 5.41) is 8.82. The number of nitrogens with zero attached hydrogens (tertiary/aromatic N) is 4. The lowest BCUT2D eigenvalue weighted by atomic mass is 10.2. The Balaban J connectivity index is 1.84. The number of aromatic nitrogens is 4. The molecule has 0 saturated heterocycles. The standard InChI is InChI=1S/C25H25N5O7S/c1-16-8-9-21(27-15-16)38(32,33)30-24-22(37-19-7-5-4-6-18(19)34-2)25(35-3)29-23(28-24)17-10-11-26-20(14-17)36-13-12-31/h4-11,14-15,31H,12-13H2,1-3H3,(H,28,29,30). The second-order valence-electron chi connectivity index (χ2n) is 7.72. The summed E-state index contributed by atoms with van der Waals surface area (Å²) in [5.74, 6) is 0.649. The van der Waals surface area contributed by atoms with Gasteiger partial charge in [0.2, 0.25) is 11.6 Å². The molecule has 0 aliphatic carbocycles. The zero-order valence-corrected chi connectivity index (χ0v) is 21.6. The van der Waals surface area contributed by atoms with Gasteiger partial charge in [-0.1, -0.05) is 18.2 Å². The molecule has 0 spiro atoms. The molecule has 12 nitrogen and oxygen atoms in total. The highest BCUT2D eigenvalue weighted by Gasteiger charge is 2.25. The number of benzene rings is 1. The summed E-state index contributed by atoms with van der Waals surface area (Å²) < 4.78 is 51.2. The topological polar surface area (TPSA) is 155 Å². The Hall–Kier alpha value is -4.49. The van der Waals surface area contributed by atoms with Gasteiger partial charge in [-0.15, -0.1) is 0 Å². The van der Waals surface area contributed by atoms with E-state index in [9.17, 15) is 8.42 Å². The number of ether oxygens (including phenoxy) is 4. The molecule has 198 valence electrons. The van der Waals surface area contributed by atoms with Gasteiger partial charge in [-0.3, -0.25) is 4.72 Å². The van der Waals surface area contributed by atoms with E-state index < -0.39 is 10.0 Å². The molecule has 0 aliphatic heterocycles. The summed E-state index contributed by atoms with van der Waals surface area (Å²) in [5.41, 5.74) is 1.25. The first-order valence-electron chi connectivity index (χ1n) is 11.3. The summed E-state index contributed by atoms with van der Waals surface area (Å²) in [6.07, 6.45) is 2.91. The Labute approximate surface area is 219 Å². The van der Waals surface area contributed by atoms with Crippen LogP contribution < -0.4 is 23.7 Å². The Morgan fingerprint density at radius 1 is 0.974 bits per heavy atom. The van der Waals surface area contributed by atoms with Crippen LogP contribution in [0.25, 0.3) is 11.4 Å². The maximum absolute atomic E-state index is 13.3. The Bertz CT molecular complexity index is 1520. The molecule has 3 aromatic heterocycles. The molecule has 0 atom stereocenters. The minimum absolute atomic E-state index is 0.0426. The number of aryl methyl sites for hydroxylation is 1. The van der Waals surface area contributed by atoms with Crippen LogP contribution in [0.1, 0.15) is 5.56 Å². The van der Waals surface area contributed by atoms with Gasteiger partial charge in [0.25, 0.3) is 15.9 Å². The molecular formula is C25H25N5O7S. The van der Waals surface area contributed by atoms with Crippen LogP contribution in [0.5, 0.6) is 29.0 Å². The highest BCUT2D eigenvalue weighted by atomic mass is 32.2. The number of aliphatic hydroxyl groups is 1. The van der Waals surface area contributed by atoms with E-state index in [1.807, 2.05) is 0 Å². The summed E-state index contributed by atoms with van der Waals surface area (Å²) in [6, 6.07) is 13.0. The van der Waals surface area contributed by atoms with Crippen LogP contribution in [-0.2, 0) is 10.0 Å². The molecule has 0 amide bonds. The molecule has 0 bridgehead atoms. The maximum Gasteiger partial charge on any atom is 0.280 e. The minimum atomic E-state index is -4.19. The van der Waals surface area contributed by atoms with Crippen molar-refractivity contribution >= 4 is 15.8 Å². The number of hydrogen-bond donors (Lipinski definition) is 2. The van der Waals surface area contributed by atoms with Crippen molar-refractivity contribution in [2.24, 2.45) is 0 Å². The van der Waals surface area contributed by atoms with Gasteiger partial charge in [-0.2, -0.15) is 13.4 Å². The predicted octanol–water partition coefficient (Wildman–Crippen LogP) is 3.22. The first kappa shape index (κ1) is 26.6. The average Bonchev–Trinajstić information content (AvgIpc) is 2.93. The van der Waals surface area contributed by atoms with Crippen molar-refractivity contribution in [2.75, 3.05) is 32.2 Å².